The number of benzene rings is 8. The second-order valence-electron chi connectivity index (χ2n) is 14.5. The number of para-hydroxylation sites is 4. The smallest absolute Gasteiger partial charge is 0.170 e. The highest BCUT2D eigenvalue weighted by Gasteiger charge is 2.21. The van der Waals surface area contributed by atoms with Crippen molar-refractivity contribution in [1.29, 1.82) is 0 Å². The first-order valence-corrected chi connectivity index (χ1v) is 19.2. The maximum absolute atomic E-state index is 6.37. The molecule has 0 aliphatic carbocycles. The summed E-state index contributed by atoms with van der Waals surface area (Å²) in [4.78, 5) is 10.5. The van der Waals surface area contributed by atoms with E-state index >= 15 is 0 Å². The highest BCUT2D eigenvalue weighted by Crippen LogP contribution is 2.47. The molecule has 0 N–H and O–H groups in total. The van der Waals surface area contributed by atoms with Crippen LogP contribution < -0.4 is 9.47 Å². The van der Waals surface area contributed by atoms with Crippen molar-refractivity contribution in [3.05, 3.63) is 182 Å². The van der Waals surface area contributed by atoms with Crippen LogP contribution in [0.1, 0.15) is 0 Å². The molecule has 11 aromatic rings. The van der Waals surface area contributed by atoms with E-state index in [1.165, 1.54) is 0 Å². The van der Waals surface area contributed by atoms with Gasteiger partial charge in [0.2, 0.25) is 0 Å². The van der Waals surface area contributed by atoms with Crippen molar-refractivity contribution in [2.75, 3.05) is 0 Å². The van der Waals surface area contributed by atoms with Crippen LogP contribution in [0.3, 0.4) is 0 Å². The monoisotopic (exact) mass is 746 g/mol. The molecule has 0 unspecified atom stereocenters. The van der Waals surface area contributed by atoms with E-state index in [0.29, 0.717) is 28.8 Å². The summed E-state index contributed by atoms with van der Waals surface area (Å²) >= 11 is 0. The topological polar surface area (TPSA) is 70.5 Å². The second-order valence-corrected chi connectivity index (χ2v) is 14.5. The quantitative estimate of drug-likeness (QED) is 0.175. The lowest BCUT2D eigenvalue weighted by molar-refractivity contribution is 0.360. The molecule has 6 heteroatoms. The third kappa shape index (κ3) is 5.34. The number of hydrogen-bond donors (Lipinski definition) is 0. The van der Waals surface area contributed by atoms with Crippen LogP contribution in [0.15, 0.2) is 191 Å². The average molecular weight is 747 g/mol. The van der Waals surface area contributed by atoms with Crippen LogP contribution in [0.5, 0.6) is 23.0 Å². The van der Waals surface area contributed by atoms with Gasteiger partial charge in [-0.05, 0) is 101 Å². The van der Waals surface area contributed by atoms with E-state index in [1.54, 1.807) is 0 Å². The molecule has 1 aliphatic rings. The largest absolute Gasteiger partial charge is 0.456 e. The van der Waals surface area contributed by atoms with E-state index in [-0.39, 0.29) is 0 Å². The predicted octanol–water partition coefficient (Wildman–Crippen LogP) is 14.5. The van der Waals surface area contributed by atoms with Crippen molar-refractivity contribution in [3.8, 4) is 79.2 Å². The Balaban J connectivity index is 1.08. The first kappa shape index (κ1) is 32.3. The van der Waals surface area contributed by atoms with Crippen LogP contribution in [0.4, 0.5) is 0 Å². The van der Waals surface area contributed by atoms with Gasteiger partial charge in [0.15, 0.2) is 28.8 Å². The third-order valence-electron chi connectivity index (χ3n) is 10.9. The summed E-state index contributed by atoms with van der Waals surface area (Å²) in [7, 11) is 0. The summed E-state index contributed by atoms with van der Waals surface area (Å²) in [6.45, 7) is 0. The van der Waals surface area contributed by atoms with E-state index in [0.717, 1.165) is 94.2 Å². The Morgan fingerprint density at radius 1 is 0.310 bits per heavy atom. The minimum Gasteiger partial charge on any atom is -0.456 e. The lowest BCUT2D eigenvalue weighted by Crippen LogP contribution is -1.99. The molecule has 0 spiro atoms. The van der Waals surface area contributed by atoms with Crippen LogP contribution in [0, 0.1) is 0 Å². The molecule has 0 saturated heterocycles. The van der Waals surface area contributed by atoms with Crippen molar-refractivity contribution in [2.24, 2.45) is 0 Å². The molecule has 1 aliphatic heterocycles. The van der Waals surface area contributed by atoms with Gasteiger partial charge in [0.1, 0.15) is 22.3 Å². The third-order valence-corrected chi connectivity index (χ3v) is 10.9. The summed E-state index contributed by atoms with van der Waals surface area (Å²) in [5, 5.41) is 4.21. The minimum absolute atomic E-state index is 0.633. The molecule has 12 rings (SSSR count). The number of rotatable bonds is 5. The van der Waals surface area contributed by atoms with Crippen molar-refractivity contribution in [1.82, 2.24) is 9.97 Å². The number of aromatic nitrogens is 2. The van der Waals surface area contributed by atoms with Gasteiger partial charge in [-0.3, -0.25) is 0 Å². The van der Waals surface area contributed by atoms with E-state index < -0.39 is 0 Å². The Labute approximate surface area is 332 Å². The fourth-order valence-corrected chi connectivity index (χ4v) is 8.16. The molecule has 6 nitrogen and oxygen atoms in total. The standard InChI is InChI=1S/C52H30N2O4/c1-2-11-31(12-3-1)52-53-41(30-42(54-52)38-15-10-20-49-51(38)39-14-5-7-17-44(39)56-49)36-26-34(32-21-23-45-40(28-32)37-13-4-6-16-43(37)55-45)25-35(27-36)33-22-24-48-50(29-33)58-47-19-9-8-18-46(47)57-48/h1-30H. The molecule has 0 fully saturated rings. The molecular weight excluding hydrogens is 717 g/mol. The number of ether oxygens (including phenoxy) is 2. The highest BCUT2D eigenvalue weighted by molar-refractivity contribution is 6.12. The fourth-order valence-electron chi connectivity index (χ4n) is 8.16. The van der Waals surface area contributed by atoms with Crippen molar-refractivity contribution >= 4 is 43.9 Å². The van der Waals surface area contributed by atoms with Crippen LogP contribution in [-0.2, 0) is 0 Å². The Kier molecular flexibility index (Phi) is 7.13. The zero-order valence-corrected chi connectivity index (χ0v) is 30.8. The first-order chi connectivity index (χ1) is 28.7. The van der Waals surface area contributed by atoms with Crippen molar-refractivity contribution < 1.29 is 18.3 Å². The zero-order chi connectivity index (χ0) is 38.2. The fraction of sp³-hybridized carbons (Fsp3) is 0. The van der Waals surface area contributed by atoms with Gasteiger partial charge in [-0.1, -0.05) is 103 Å². The number of hydrogen-bond acceptors (Lipinski definition) is 6. The van der Waals surface area contributed by atoms with E-state index in [1.807, 2.05) is 103 Å². The summed E-state index contributed by atoms with van der Waals surface area (Å²) in [5.41, 5.74) is 11.9. The van der Waals surface area contributed by atoms with Gasteiger partial charge in [-0.25, -0.2) is 9.97 Å². The summed E-state index contributed by atoms with van der Waals surface area (Å²) in [6, 6.07) is 61.6. The Bertz CT molecular complexity index is 3420. The van der Waals surface area contributed by atoms with Gasteiger partial charge in [0.25, 0.3) is 0 Å². The maximum atomic E-state index is 6.37. The van der Waals surface area contributed by atoms with Gasteiger partial charge in [-0.15, -0.1) is 0 Å². The van der Waals surface area contributed by atoms with Gasteiger partial charge in [-0.2, -0.15) is 0 Å². The van der Waals surface area contributed by atoms with Crippen LogP contribution in [0.25, 0.3) is 100 Å². The predicted molar refractivity (Wildman–Crippen MR) is 230 cm³/mol. The molecular formula is C52H30N2O4. The normalized spacial score (nSPS) is 12.1. The second kappa shape index (κ2) is 12.8. The highest BCUT2D eigenvalue weighted by atomic mass is 16.6. The lowest BCUT2D eigenvalue weighted by atomic mass is 9.93. The van der Waals surface area contributed by atoms with Gasteiger partial charge < -0.3 is 18.3 Å². The summed E-state index contributed by atoms with van der Waals surface area (Å²) in [6.07, 6.45) is 0. The number of fused-ring (bicyclic) bond motifs is 8. The van der Waals surface area contributed by atoms with E-state index in [9.17, 15) is 0 Å². The van der Waals surface area contributed by atoms with Gasteiger partial charge >= 0.3 is 0 Å². The molecule has 0 bridgehead atoms. The molecule has 0 radical (unpaired) electrons. The SMILES string of the molecule is c1ccc(-c2nc(-c3cc(-c4ccc5c(c4)Oc4ccccc4O5)cc(-c4ccc5oc6ccccc6c5c4)c3)cc(-c3cccc4oc5ccccc5c34)n2)cc1. The van der Waals surface area contributed by atoms with Crippen molar-refractivity contribution in [3.63, 3.8) is 0 Å². The molecule has 4 heterocycles. The molecule has 0 atom stereocenters. The van der Waals surface area contributed by atoms with Crippen molar-refractivity contribution in [2.45, 2.75) is 0 Å². The molecule has 272 valence electrons. The molecule has 3 aromatic heterocycles. The van der Waals surface area contributed by atoms with Crippen LogP contribution in [-0.4, -0.2) is 9.97 Å². The van der Waals surface area contributed by atoms with Gasteiger partial charge in [0, 0.05) is 38.2 Å². The number of nitrogens with zero attached hydrogens (tertiary/aromatic N) is 2. The average Bonchev–Trinajstić information content (AvgIpc) is 3.86. The lowest BCUT2D eigenvalue weighted by Gasteiger charge is -2.21. The molecule has 8 aromatic carbocycles. The van der Waals surface area contributed by atoms with Crippen LogP contribution in [0.2, 0.25) is 0 Å². The van der Waals surface area contributed by atoms with E-state index in [4.69, 9.17) is 28.3 Å². The Hall–Kier alpha value is -7.96. The number of furan rings is 2. The van der Waals surface area contributed by atoms with E-state index in [2.05, 4.69) is 78.9 Å². The van der Waals surface area contributed by atoms with Gasteiger partial charge in [0.05, 0.1) is 11.4 Å². The summed E-state index contributed by atoms with van der Waals surface area (Å²) < 4.78 is 25.1. The molecule has 0 saturated carbocycles. The first-order valence-electron chi connectivity index (χ1n) is 19.2. The molecule has 58 heavy (non-hydrogen) atoms. The van der Waals surface area contributed by atoms with Crippen LogP contribution >= 0.6 is 0 Å². The molecule has 0 amide bonds. The zero-order valence-electron chi connectivity index (χ0n) is 30.8. The Morgan fingerprint density at radius 2 is 0.897 bits per heavy atom. The Morgan fingerprint density at radius 3 is 1.72 bits per heavy atom. The minimum atomic E-state index is 0.633. The summed E-state index contributed by atoms with van der Waals surface area (Å²) in [5.74, 6) is 3.34. The maximum Gasteiger partial charge on any atom is 0.170 e.